The van der Waals surface area contributed by atoms with Crippen molar-refractivity contribution in [1.82, 2.24) is 4.90 Å². The summed E-state index contributed by atoms with van der Waals surface area (Å²) >= 11 is 1.74. The fourth-order valence-electron chi connectivity index (χ4n) is 3.37. The molecule has 0 aromatic carbocycles. The summed E-state index contributed by atoms with van der Waals surface area (Å²) in [5.74, 6) is 0.547. The molecule has 0 saturated carbocycles. The summed E-state index contributed by atoms with van der Waals surface area (Å²) < 4.78 is 0. The molecule has 4 heteroatoms. The van der Waals surface area contributed by atoms with Crippen LogP contribution in [0.1, 0.15) is 47.0 Å². The number of aryl methyl sites for hydroxylation is 1. The van der Waals surface area contributed by atoms with Gasteiger partial charge in [-0.25, -0.2) is 0 Å². The SMILES string of the molecule is CC1CCN(C(=O)c2csc3c2CCCC3)C1CO. The molecule has 2 aliphatic rings. The van der Waals surface area contributed by atoms with Crippen LogP contribution in [0.5, 0.6) is 0 Å². The molecular weight excluding hydrogens is 258 g/mol. The molecule has 2 atom stereocenters. The molecule has 1 N–H and O–H groups in total. The fraction of sp³-hybridized carbons (Fsp3) is 0.667. The second-order valence-corrected chi connectivity index (χ2v) is 6.74. The maximum atomic E-state index is 12.7. The Hall–Kier alpha value is -0.870. The van der Waals surface area contributed by atoms with Gasteiger partial charge in [0.1, 0.15) is 0 Å². The Morgan fingerprint density at radius 3 is 3.05 bits per heavy atom. The molecule has 0 bridgehead atoms. The molecule has 1 fully saturated rings. The van der Waals surface area contributed by atoms with Crippen LogP contribution in [-0.2, 0) is 12.8 Å². The highest BCUT2D eigenvalue weighted by atomic mass is 32.1. The van der Waals surface area contributed by atoms with Crippen molar-refractivity contribution >= 4 is 17.2 Å². The van der Waals surface area contributed by atoms with E-state index in [4.69, 9.17) is 0 Å². The minimum Gasteiger partial charge on any atom is -0.394 e. The molecule has 2 heterocycles. The van der Waals surface area contributed by atoms with E-state index in [-0.39, 0.29) is 18.6 Å². The monoisotopic (exact) mass is 279 g/mol. The summed E-state index contributed by atoms with van der Waals surface area (Å²) in [5, 5.41) is 11.5. The van der Waals surface area contributed by atoms with E-state index in [2.05, 4.69) is 6.92 Å². The van der Waals surface area contributed by atoms with Gasteiger partial charge in [0.25, 0.3) is 5.91 Å². The van der Waals surface area contributed by atoms with Gasteiger partial charge in [-0.3, -0.25) is 4.79 Å². The van der Waals surface area contributed by atoms with Gasteiger partial charge in [-0.15, -0.1) is 11.3 Å². The third kappa shape index (κ3) is 2.21. The second-order valence-electron chi connectivity index (χ2n) is 5.77. The number of likely N-dealkylation sites (tertiary alicyclic amines) is 1. The normalized spacial score (nSPS) is 26.5. The Morgan fingerprint density at radius 2 is 2.26 bits per heavy atom. The molecule has 1 saturated heterocycles. The van der Waals surface area contributed by atoms with E-state index in [1.54, 1.807) is 11.3 Å². The van der Waals surface area contributed by atoms with Crippen molar-refractivity contribution in [2.24, 2.45) is 5.92 Å². The summed E-state index contributed by atoms with van der Waals surface area (Å²) in [6, 6.07) is 0.00615. The highest BCUT2D eigenvalue weighted by Crippen LogP contribution is 2.33. The highest BCUT2D eigenvalue weighted by molar-refractivity contribution is 7.10. The summed E-state index contributed by atoms with van der Waals surface area (Å²) in [6.07, 6.45) is 5.63. The number of nitrogens with zero attached hydrogens (tertiary/aromatic N) is 1. The molecule has 0 spiro atoms. The molecule has 3 nitrogen and oxygen atoms in total. The minimum atomic E-state index is 0.00615. The average Bonchev–Trinajstić information content (AvgIpc) is 3.01. The van der Waals surface area contributed by atoms with Crippen LogP contribution in [0, 0.1) is 5.92 Å². The Labute approximate surface area is 118 Å². The quantitative estimate of drug-likeness (QED) is 0.903. The summed E-state index contributed by atoms with van der Waals surface area (Å²) in [6.45, 7) is 2.99. The zero-order chi connectivity index (χ0) is 13.4. The largest absolute Gasteiger partial charge is 0.394 e. The first-order valence-electron chi connectivity index (χ1n) is 7.23. The first kappa shape index (κ1) is 13.1. The molecule has 1 aliphatic carbocycles. The van der Waals surface area contributed by atoms with Crippen molar-refractivity contribution in [2.75, 3.05) is 13.2 Å². The van der Waals surface area contributed by atoms with Gasteiger partial charge in [-0.1, -0.05) is 6.92 Å². The zero-order valence-corrected chi connectivity index (χ0v) is 12.2. The van der Waals surface area contributed by atoms with Crippen molar-refractivity contribution < 1.29 is 9.90 Å². The van der Waals surface area contributed by atoms with Crippen LogP contribution < -0.4 is 0 Å². The number of fused-ring (bicyclic) bond motifs is 1. The lowest BCUT2D eigenvalue weighted by Gasteiger charge is -2.25. The first-order valence-corrected chi connectivity index (χ1v) is 8.11. The fourth-order valence-corrected chi connectivity index (χ4v) is 4.49. The molecule has 1 amide bonds. The van der Waals surface area contributed by atoms with Crippen LogP contribution in [0.3, 0.4) is 0 Å². The lowest BCUT2D eigenvalue weighted by Crippen LogP contribution is -2.40. The van der Waals surface area contributed by atoms with E-state index in [9.17, 15) is 9.90 Å². The van der Waals surface area contributed by atoms with Gasteiger partial charge in [0, 0.05) is 16.8 Å². The van der Waals surface area contributed by atoms with Crippen molar-refractivity contribution in [3.05, 3.63) is 21.4 Å². The molecular formula is C15H21NO2S. The van der Waals surface area contributed by atoms with E-state index < -0.39 is 0 Å². The van der Waals surface area contributed by atoms with E-state index >= 15 is 0 Å². The standard InChI is InChI=1S/C15H21NO2S/c1-10-6-7-16(13(10)8-17)15(18)12-9-19-14-5-3-2-4-11(12)14/h9-10,13,17H,2-8H2,1H3. The lowest BCUT2D eigenvalue weighted by molar-refractivity contribution is 0.0647. The minimum absolute atomic E-state index is 0.00615. The molecule has 1 aromatic rings. The maximum Gasteiger partial charge on any atom is 0.255 e. The van der Waals surface area contributed by atoms with Crippen molar-refractivity contribution in [2.45, 2.75) is 45.1 Å². The van der Waals surface area contributed by atoms with Crippen LogP contribution in [0.25, 0.3) is 0 Å². The molecule has 3 rings (SSSR count). The predicted octanol–water partition coefficient (Wildman–Crippen LogP) is 2.47. The van der Waals surface area contributed by atoms with E-state index in [1.807, 2.05) is 10.3 Å². The van der Waals surface area contributed by atoms with Crippen LogP contribution in [0.4, 0.5) is 0 Å². The molecule has 2 unspecified atom stereocenters. The highest BCUT2D eigenvalue weighted by Gasteiger charge is 2.35. The number of thiophene rings is 1. The average molecular weight is 279 g/mol. The third-order valence-corrected chi connectivity index (χ3v) is 5.71. The number of rotatable bonds is 2. The predicted molar refractivity (Wildman–Crippen MR) is 76.7 cm³/mol. The topological polar surface area (TPSA) is 40.5 Å². The van der Waals surface area contributed by atoms with Crippen LogP contribution in [-0.4, -0.2) is 35.1 Å². The Kier molecular flexibility index (Phi) is 3.63. The second kappa shape index (κ2) is 5.25. The van der Waals surface area contributed by atoms with Crippen LogP contribution in [0.15, 0.2) is 5.38 Å². The molecule has 19 heavy (non-hydrogen) atoms. The number of carbonyl (C=O) groups is 1. The van der Waals surface area contributed by atoms with Gasteiger partial charge < -0.3 is 10.0 Å². The number of carbonyl (C=O) groups excluding carboxylic acids is 1. The van der Waals surface area contributed by atoms with Gasteiger partial charge in [0.05, 0.1) is 18.2 Å². The van der Waals surface area contributed by atoms with Crippen molar-refractivity contribution in [3.8, 4) is 0 Å². The number of hydrogen-bond acceptors (Lipinski definition) is 3. The number of amides is 1. The van der Waals surface area contributed by atoms with Gasteiger partial charge >= 0.3 is 0 Å². The maximum absolute atomic E-state index is 12.7. The smallest absolute Gasteiger partial charge is 0.255 e. The number of aliphatic hydroxyl groups is 1. The van der Waals surface area contributed by atoms with E-state index in [1.165, 1.54) is 23.3 Å². The third-order valence-electron chi connectivity index (χ3n) is 4.62. The van der Waals surface area contributed by atoms with Gasteiger partial charge in [-0.05, 0) is 43.6 Å². The lowest BCUT2D eigenvalue weighted by atomic mass is 9.95. The Balaban J connectivity index is 1.86. The Morgan fingerprint density at radius 1 is 1.47 bits per heavy atom. The van der Waals surface area contributed by atoms with Crippen LogP contribution >= 0.6 is 11.3 Å². The molecule has 0 radical (unpaired) electrons. The molecule has 104 valence electrons. The van der Waals surface area contributed by atoms with Crippen molar-refractivity contribution in [3.63, 3.8) is 0 Å². The van der Waals surface area contributed by atoms with Crippen molar-refractivity contribution in [1.29, 1.82) is 0 Å². The molecule has 1 aromatic heterocycles. The van der Waals surface area contributed by atoms with E-state index in [0.29, 0.717) is 5.92 Å². The Bertz CT molecular complexity index is 482. The molecule has 1 aliphatic heterocycles. The first-order chi connectivity index (χ1) is 9.22. The van der Waals surface area contributed by atoms with Gasteiger partial charge in [0.15, 0.2) is 0 Å². The van der Waals surface area contributed by atoms with Gasteiger partial charge in [0.2, 0.25) is 0 Å². The zero-order valence-electron chi connectivity index (χ0n) is 11.4. The number of aliphatic hydroxyl groups excluding tert-OH is 1. The summed E-state index contributed by atoms with van der Waals surface area (Å²) in [7, 11) is 0. The van der Waals surface area contributed by atoms with Gasteiger partial charge in [-0.2, -0.15) is 0 Å². The summed E-state index contributed by atoms with van der Waals surface area (Å²) in [4.78, 5) is 16.0. The van der Waals surface area contributed by atoms with E-state index in [0.717, 1.165) is 31.4 Å². The van der Waals surface area contributed by atoms with Crippen LogP contribution in [0.2, 0.25) is 0 Å². The number of hydrogen-bond donors (Lipinski definition) is 1. The summed E-state index contributed by atoms with van der Waals surface area (Å²) in [5.41, 5.74) is 2.20.